The topological polar surface area (TPSA) is 87.7 Å². The maximum absolute atomic E-state index is 11.3. The fourth-order valence-electron chi connectivity index (χ4n) is 1.18. The van der Waals surface area contributed by atoms with Crippen molar-refractivity contribution in [2.45, 2.75) is 20.3 Å². The summed E-state index contributed by atoms with van der Waals surface area (Å²) in [5.74, 6) is -0.953. The summed E-state index contributed by atoms with van der Waals surface area (Å²) in [4.78, 5) is 21.7. The van der Waals surface area contributed by atoms with E-state index in [1.54, 1.807) is 6.92 Å². The Balaban J connectivity index is 3.48. The Morgan fingerprint density at radius 1 is 1.39 bits per heavy atom. The number of rotatable bonds is 9. The first-order chi connectivity index (χ1) is 8.41. The summed E-state index contributed by atoms with van der Waals surface area (Å²) in [5.41, 5.74) is 0.932. The molecule has 0 radical (unpaired) electrons. The van der Waals surface area contributed by atoms with Crippen LogP contribution in [-0.2, 0) is 9.53 Å². The lowest BCUT2D eigenvalue weighted by molar-refractivity contribution is -0.137. The number of amides is 2. The quantitative estimate of drug-likeness (QED) is 0.425. The first-order valence-electron chi connectivity index (χ1n) is 5.87. The molecule has 0 rings (SSSR count). The number of carbonyl (C=O) groups is 2. The van der Waals surface area contributed by atoms with Crippen LogP contribution in [0.4, 0.5) is 4.79 Å². The number of ether oxygens (including phenoxy) is 1. The molecule has 18 heavy (non-hydrogen) atoms. The summed E-state index contributed by atoms with van der Waals surface area (Å²) in [7, 11) is 0. The molecule has 2 amide bonds. The van der Waals surface area contributed by atoms with E-state index in [4.69, 9.17) is 9.84 Å². The molecule has 104 valence electrons. The van der Waals surface area contributed by atoms with Gasteiger partial charge in [-0.25, -0.2) is 4.79 Å². The molecule has 0 spiro atoms. The second-order valence-corrected chi connectivity index (χ2v) is 4.35. The van der Waals surface area contributed by atoms with Gasteiger partial charge in [-0.05, 0) is 12.8 Å². The number of hydrogen-bond donors (Lipinski definition) is 3. The summed E-state index contributed by atoms with van der Waals surface area (Å²) in [6.07, 6.45) is 0.0437. The zero-order valence-electron chi connectivity index (χ0n) is 11.0. The Kier molecular flexibility index (Phi) is 8.65. The van der Waals surface area contributed by atoms with Gasteiger partial charge in [0.2, 0.25) is 0 Å². The van der Waals surface area contributed by atoms with Crippen molar-refractivity contribution in [3.8, 4) is 0 Å². The molecule has 3 N–H and O–H groups in total. The third kappa shape index (κ3) is 10.9. The Bertz CT molecular complexity index is 292. The summed E-state index contributed by atoms with van der Waals surface area (Å²) in [6.45, 7) is 8.97. The molecule has 0 saturated heterocycles. The van der Waals surface area contributed by atoms with Gasteiger partial charge in [-0.15, -0.1) is 0 Å². The minimum absolute atomic E-state index is 0.0437. The van der Waals surface area contributed by atoms with Crippen LogP contribution in [0, 0.1) is 5.92 Å². The average Bonchev–Trinajstić information content (AvgIpc) is 2.24. The highest BCUT2D eigenvalue weighted by atomic mass is 16.5. The number of urea groups is 1. The summed E-state index contributed by atoms with van der Waals surface area (Å²) < 4.78 is 5.20. The highest BCUT2D eigenvalue weighted by molar-refractivity contribution is 5.74. The first kappa shape index (κ1) is 16.4. The van der Waals surface area contributed by atoms with Crippen LogP contribution in [0.2, 0.25) is 0 Å². The van der Waals surface area contributed by atoms with Crippen molar-refractivity contribution >= 4 is 12.0 Å². The normalized spacial score (nSPS) is 11.7. The van der Waals surface area contributed by atoms with Crippen LogP contribution in [0.5, 0.6) is 0 Å². The molecule has 6 heteroatoms. The second kappa shape index (κ2) is 9.47. The van der Waals surface area contributed by atoms with Crippen molar-refractivity contribution in [3.63, 3.8) is 0 Å². The van der Waals surface area contributed by atoms with Gasteiger partial charge in [0.25, 0.3) is 0 Å². The van der Waals surface area contributed by atoms with Crippen LogP contribution < -0.4 is 10.6 Å². The molecule has 1 unspecified atom stereocenters. The molecule has 0 bridgehead atoms. The lowest BCUT2D eigenvalue weighted by Gasteiger charge is -2.11. The minimum atomic E-state index is -0.863. The van der Waals surface area contributed by atoms with Crippen LogP contribution in [0.15, 0.2) is 12.2 Å². The molecular weight excluding hydrogens is 236 g/mol. The highest BCUT2D eigenvalue weighted by Gasteiger charge is 2.08. The van der Waals surface area contributed by atoms with Crippen molar-refractivity contribution in [1.82, 2.24) is 10.6 Å². The summed E-state index contributed by atoms with van der Waals surface area (Å²) in [6, 6.07) is -0.314. The molecule has 0 aromatic rings. The molecule has 0 aromatic heterocycles. The number of carbonyl (C=O) groups excluding carboxylic acids is 1. The molecule has 1 atom stereocenters. The van der Waals surface area contributed by atoms with Crippen LogP contribution in [-0.4, -0.2) is 43.4 Å². The van der Waals surface area contributed by atoms with Crippen molar-refractivity contribution < 1.29 is 19.4 Å². The maximum Gasteiger partial charge on any atom is 0.314 e. The number of hydrogen-bond acceptors (Lipinski definition) is 3. The van der Waals surface area contributed by atoms with Gasteiger partial charge in [-0.3, -0.25) is 4.79 Å². The van der Waals surface area contributed by atoms with E-state index in [0.717, 1.165) is 5.57 Å². The van der Waals surface area contributed by atoms with Crippen molar-refractivity contribution in [3.05, 3.63) is 12.2 Å². The van der Waals surface area contributed by atoms with Gasteiger partial charge in [-0.2, -0.15) is 0 Å². The monoisotopic (exact) mass is 258 g/mol. The van der Waals surface area contributed by atoms with Gasteiger partial charge in [0.05, 0.1) is 13.2 Å². The molecule has 0 aliphatic heterocycles. The predicted molar refractivity (Wildman–Crippen MR) is 68.5 cm³/mol. The molecular formula is C12H22N2O4. The highest BCUT2D eigenvalue weighted by Crippen LogP contribution is 1.98. The SMILES string of the molecule is C=C(C)COCCNC(=O)NCC(C)CC(=O)O. The van der Waals surface area contributed by atoms with E-state index in [1.165, 1.54) is 0 Å². The number of carboxylic acids is 1. The number of aliphatic carboxylic acids is 1. The molecule has 0 aliphatic carbocycles. The third-order valence-corrected chi connectivity index (χ3v) is 2.01. The van der Waals surface area contributed by atoms with Gasteiger partial charge >= 0.3 is 12.0 Å². The zero-order chi connectivity index (χ0) is 14.0. The average molecular weight is 258 g/mol. The van der Waals surface area contributed by atoms with Gasteiger partial charge in [0.1, 0.15) is 0 Å². The van der Waals surface area contributed by atoms with E-state index in [1.807, 2.05) is 6.92 Å². The smallest absolute Gasteiger partial charge is 0.314 e. The lowest BCUT2D eigenvalue weighted by atomic mass is 10.1. The van der Waals surface area contributed by atoms with Crippen LogP contribution in [0.3, 0.4) is 0 Å². The Morgan fingerprint density at radius 2 is 2.06 bits per heavy atom. The number of nitrogens with one attached hydrogen (secondary N) is 2. The fourth-order valence-corrected chi connectivity index (χ4v) is 1.18. The van der Waals surface area contributed by atoms with Crippen LogP contribution in [0.1, 0.15) is 20.3 Å². The van der Waals surface area contributed by atoms with E-state index in [2.05, 4.69) is 17.2 Å². The predicted octanol–water partition coefficient (Wildman–Crippen LogP) is 0.989. The summed E-state index contributed by atoms with van der Waals surface area (Å²) in [5, 5.41) is 13.8. The molecule has 0 aromatic carbocycles. The molecule has 0 saturated carbocycles. The van der Waals surface area contributed by atoms with Crippen molar-refractivity contribution in [1.29, 1.82) is 0 Å². The van der Waals surface area contributed by atoms with E-state index in [9.17, 15) is 9.59 Å². The van der Waals surface area contributed by atoms with Gasteiger partial charge in [0, 0.05) is 19.5 Å². The lowest BCUT2D eigenvalue weighted by Crippen LogP contribution is -2.39. The van der Waals surface area contributed by atoms with E-state index >= 15 is 0 Å². The van der Waals surface area contributed by atoms with Crippen LogP contribution >= 0.6 is 0 Å². The zero-order valence-corrected chi connectivity index (χ0v) is 11.0. The van der Waals surface area contributed by atoms with Crippen LogP contribution in [0.25, 0.3) is 0 Å². The Hall–Kier alpha value is -1.56. The van der Waals surface area contributed by atoms with E-state index in [-0.39, 0.29) is 18.4 Å². The largest absolute Gasteiger partial charge is 0.481 e. The standard InChI is InChI=1S/C12H22N2O4/c1-9(2)8-18-5-4-13-12(17)14-7-10(3)6-11(15)16/h10H,1,4-8H2,2-3H3,(H,15,16)(H2,13,14,17). The minimum Gasteiger partial charge on any atom is -0.481 e. The molecule has 0 heterocycles. The number of carboxylic acid groups (broad SMARTS) is 1. The Morgan fingerprint density at radius 3 is 2.61 bits per heavy atom. The maximum atomic E-state index is 11.3. The van der Waals surface area contributed by atoms with Gasteiger partial charge in [0.15, 0.2) is 0 Å². The second-order valence-electron chi connectivity index (χ2n) is 4.35. The molecule has 0 aliphatic rings. The summed E-state index contributed by atoms with van der Waals surface area (Å²) >= 11 is 0. The van der Waals surface area contributed by atoms with E-state index < -0.39 is 5.97 Å². The molecule has 0 fully saturated rings. The fraction of sp³-hybridized carbons (Fsp3) is 0.667. The van der Waals surface area contributed by atoms with Crippen molar-refractivity contribution in [2.75, 3.05) is 26.3 Å². The Labute approximate surface area is 107 Å². The first-order valence-corrected chi connectivity index (χ1v) is 5.87. The molecule has 6 nitrogen and oxygen atoms in total. The van der Waals surface area contributed by atoms with Crippen molar-refractivity contribution in [2.24, 2.45) is 5.92 Å². The van der Waals surface area contributed by atoms with Gasteiger partial charge in [-0.1, -0.05) is 19.1 Å². The van der Waals surface area contributed by atoms with Gasteiger partial charge < -0.3 is 20.5 Å². The third-order valence-electron chi connectivity index (χ3n) is 2.01. The van der Waals surface area contributed by atoms with E-state index in [0.29, 0.717) is 26.3 Å².